The molecule has 3 aliphatic rings. The average Bonchev–Trinajstić information content (AvgIpc) is 3.81. The molecule has 53 heavy (non-hydrogen) atoms. The van der Waals surface area contributed by atoms with Crippen LogP contribution in [0.3, 0.4) is 0 Å². The molecule has 282 valence electrons. The molecule has 7 atom stereocenters. The molecule has 2 fully saturated rings. The standard InChI is InChI=1S/C39H45ClN4O9/c1-21-8-7-9-31(50-6)39(48)18-30(51-34(46)19-39)22(2)36-38(3,53-36)32(17-33(45)44(4)28-13-23(12-21)14-29(49-5)35(28)40)52-37(47)43-26-11-10-24-15-25(41)20-42-27(24)16-26/h7-11,13-16,20,22,30-32,36,48H,12,17-19,41H2,1-6H3,(H,43,47)/b9-7+,21-8+/t22-,30+,31-,32+,36+,38+,39-/m1/s1. The molecule has 2 aromatic carbocycles. The molecule has 1 aromatic heterocycles. The Kier molecular flexibility index (Phi) is 10.8. The monoisotopic (exact) mass is 748 g/mol. The highest BCUT2D eigenvalue weighted by Gasteiger charge is 2.64. The Morgan fingerprint density at radius 2 is 1.96 bits per heavy atom. The molecule has 3 aliphatic heterocycles. The Bertz CT molecular complexity index is 1990. The van der Waals surface area contributed by atoms with Crippen molar-refractivity contribution in [2.45, 2.75) is 82.1 Å². The third kappa shape index (κ3) is 7.98. The minimum Gasteiger partial charge on any atom is -0.495 e. The highest BCUT2D eigenvalue weighted by Crippen LogP contribution is 2.50. The summed E-state index contributed by atoms with van der Waals surface area (Å²) in [6.07, 6.45) is 2.80. The van der Waals surface area contributed by atoms with E-state index in [-0.39, 0.29) is 24.3 Å². The van der Waals surface area contributed by atoms with Gasteiger partial charge in [0.15, 0.2) is 0 Å². The number of halogens is 1. The lowest BCUT2D eigenvalue weighted by molar-refractivity contribution is -0.187. The number of rotatable bonds is 4. The van der Waals surface area contributed by atoms with Crippen LogP contribution >= 0.6 is 11.6 Å². The molecule has 0 saturated carbocycles. The van der Waals surface area contributed by atoms with E-state index >= 15 is 0 Å². The topological polar surface area (TPSA) is 175 Å². The number of esters is 1. The third-order valence-electron chi connectivity index (χ3n) is 10.4. The fourth-order valence-corrected chi connectivity index (χ4v) is 7.66. The van der Waals surface area contributed by atoms with E-state index in [0.717, 1.165) is 16.5 Å². The number of hydrogen-bond donors (Lipinski definition) is 3. The number of methoxy groups -OCH3 is 2. The molecule has 0 aliphatic carbocycles. The number of amides is 2. The van der Waals surface area contributed by atoms with Crippen LogP contribution < -0.4 is 20.7 Å². The highest BCUT2D eigenvalue weighted by atomic mass is 35.5. The van der Waals surface area contributed by atoms with Crippen molar-refractivity contribution in [3.05, 3.63) is 77.0 Å². The van der Waals surface area contributed by atoms with Gasteiger partial charge in [0, 0.05) is 37.6 Å². The third-order valence-corrected chi connectivity index (χ3v) is 10.8. The zero-order valence-electron chi connectivity index (χ0n) is 30.6. The Balaban J connectivity index is 1.36. The van der Waals surface area contributed by atoms with Crippen molar-refractivity contribution in [1.82, 2.24) is 4.98 Å². The Hall–Kier alpha value is -4.69. The van der Waals surface area contributed by atoms with Gasteiger partial charge in [-0.25, -0.2) is 4.79 Å². The number of allylic oxidation sites excluding steroid dienone is 3. The first-order valence-corrected chi connectivity index (χ1v) is 17.7. The van der Waals surface area contributed by atoms with Crippen molar-refractivity contribution in [2.24, 2.45) is 5.92 Å². The zero-order valence-corrected chi connectivity index (χ0v) is 31.3. The largest absolute Gasteiger partial charge is 0.495 e. The molecule has 3 aromatic rings. The SMILES string of the molecule is COc1cc2cc(c1Cl)N(C)C(=O)C[C@H](OC(=O)Nc1ccc3cc(N)cnc3c1)[C@]1(C)O[C@H]1[C@H](C)[C@@H]1C[C@@](O)(CC(=O)O1)[C@H](OC)/C=C/C=C(\C)C2. The number of aliphatic hydroxyl groups is 1. The van der Waals surface area contributed by atoms with Gasteiger partial charge in [-0.15, -0.1) is 0 Å². The molecule has 0 radical (unpaired) electrons. The lowest BCUT2D eigenvalue weighted by Crippen LogP contribution is -2.53. The van der Waals surface area contributed by atoms with E-state index in [1.54, 1.807) is 56.5 Å². The van der Waals surface area contributed by atoms with Crippen molar-refractivity contribution >= 4 is 57.5 Å². The zero-order chi connectivity index (χ0) is 38.2. The quantitative estimate of drug-likeness (QED) is 0.219. The first kappa shape index (κ1) is 38.0. The molecule has 0 unspecified atom stereocenters. The molecular weight excluding hydrogens is 704 g/mol. The highest BCUT2D eigenvalue weighted by molar-refractivity contribution is 6.35. The number of nitrogens with two attached hydrogens (primary N) is 1. The molecule has 14 heteroatoms. The lowest BCUT2D eigenvalue weighted by Gasteiger charge is -2.41. The second-order valence-corrected chi connectivity index (χ2v) is 14.7. The molecule has 2 amide bonds. The van der Waals surface area contributed by atoms with Crippen molar-refractivity contribution in [3.8, 4) is 5.75 Å². The Morgan fingerprint density at radius 3 is 2.70 bits per heavy atom. The van der Waals surface area contributed by atoms with Gasteiger partial charge in [0.25, 0.3) is 0 Å². The smallest absolute Gasteiger partial charge is 0.412 e. The van der Waals surface area contributed by atoms with Crippen LogP contribution in [-0.4, -0.2) is 84.9 Å². The van der Waals surface area contributed by atoms with Crippen LogP contribution in [0, 0.1) is 5.92 Å². The molecule has 4 N–H and O–H groups in total. The average molecular weight is 749 g/mol. The number of aromatic nitrogens is 1. The number of carbonyl (C=O) groups is 3. The summed E-state index contributed by atoms with van der Waals surface area (Å²) in [5.41, 5.74) is 6.85. The summed E-state index contributed by atoms with van der Waals surface area (Å²) < 4.78 is 29.3. The number of fused-ring (bicyclic) bond motifs is 6. The van der Waals surface area contributed by atoms with Crippen molar-refractivity contribution in [3.63, 3.8) is 0 Å². The predicted octanol–water partition coefficient (Wildman–Crippen LogP) is 5.75. The molecule has 0 spiro atoms. The first-order chi connectivity index (χ1) is 25.1. The van der Waals surface area contributed by atoms with E-state index in [0.29, 0.717) is 34.7 Å². The fraction of sp³-hybridized carbons (Fsp3) is 0.436. The number of ether oxygens (including phenoxy) is 5. The number of epoxide rings is 1. The van der Waals surface area contributed by atoms with Crippen LogP contribution in [0.5, 0.6) is 5.75 Å². The maximum absolute atomic E-state index is 14.1. The Labute approximate surface area is 313 Å². The second kappa shape index (κ2) is 15.0. The van der Waals surface area contributed by atoms with E-state index < -0.39 is 59.5 Å². The summed E-state index contributed by atoms with van der Waals surface area (Å²) in [4.78, 5) is 46.3. The van der Waals surface area contributed by atoms with Gasteiger partial charge in [-0.2, -0.15) is 0 Å². The van der Waals surface area contributed by atoms with Gasteiger partial charge >= 0.3 is 12.1 Å². The van der Waals surface area contributed by atoms with Crippen LogP contribution in [-0.2, 0) is 35.0 Å². The summed E-state index contributed by atoms with van der Waals surface area (Å²) in [6, 6.07) is 10.5. The van der Waals surface area contributed by atoms with Gasteiger partial charge in [0.05, 0.1) is 49.1 Å². The molecule has 4 heterocycles. The van der Waals surface area contributed by atoms with Crippen LogP contribution in [0.15, 0.2) is 66.4 Å². The van der Waals surface area contributed by atoms with Crippen LogP contribution in [0.2, 0.25) is 5.02 Å². The van der Waals surface area contributed by atoms with E-state index in [1.807, 2.05) is 26.0 Å². The number of hydrogen-bond acceptors (Lipinski definition) is 11. The van der Waals surface area contributed by atoms with Crippen molar-refractivity contribution in [1.29, 1.82) is 0 Å². The van der Waals surface area contributed by atoms with Gasteiger partial charge in [-0.05, 0) is 56.2 Å². The number of nitrogens with zero attached hydrogens (tertiary/aromatic N) is 2. The maximum atomic E-state index is 14.1. The van der Waals surface area contributed by atoms with Gasteiger partial charge in [-0.3, -0.25) is 19.9 Å². The van der Waals surface area contributed by atoms with Crippen molar-refractivity contribution in [2.75, 3.05) is 37.2 Å². The van der Waals surface area contributed by atoms with Crippen LogP contribution in [0.1, 0.15) is 45.6 Å². The lowest BCUT2D eigenvalue weighted by atomic mass is 9.78. The van der Waals surface area contributed by atoms with Crippen molar-refractivity contribution < 1.29 is 43.2 Å². The summed E-state index contributed by atoms with van der Waals surface area (Å²) in [7, 11) is 4.57. The predicted molar refractivity (Wildman–Crippen MR) is 200 cm³/mol. The molecule has 6 rings (SSSR count). The minimum atomic E-state index is -1.57. The number of carbonyl (C=O) groups excluding carboxylic acids is 3. The number of nitrogens with one attached hydrogen (secondary N) is 1. The number of anilines is 3. The van der Waals surface area contributed by atoms with E-state index in [1.165, 1.54) is 25.3 Å². The van der Waals surface area contributed by atoms with Gasteiger partial charge in [0.1, 0.15) is 40.3 Å². The van der Waals surface area contributed by atoms with E-state index in [4.69, 9.17) is 41.0 Å². The normalized spacial score (nSPS) is 30.8. The van der Waals surface area contributed by atoms with Crippen LogP contribution in [0.4, 0.5) is 21.9 Å². The fourth-order valence-electron chi connectivity index (χ4n) is 7.35. The van der Waals surface area contributed by atoms with Gasteiger partial charge < -0.3 is 39.4 Å². The minimum absolute atomic E-state index is 0.0703. The maximum Gasteiger partial charge on any atom is 0.412 e. The van der Waals surface area contributed by atoms with Crippen LogP contribution in [0.25, 0.3) is 10.9 Å². The van der Waals surface area contributed by atoms with Gasteiger partial charge in [0.2, 0.25) is 5.91 Å². The molecule has 2 saturated heterocycles. The Morgan fingerprint density at radius 1 is 1.19 bits per heavy atom. The number of nitrogen functional groups attached to an aromatic ring is 1. The summed E-state index contributed by atoms with van der Waals surface area (Å²) in [5, 5.41) is 15.6. The molecule has 4 bridgehead atoms. The van der Waals surface area contributed by atoms with E-state index in [9.17, 15) is 19.5 Å². The van der Waals surface area contributed by atoms with E-state index in [2.05, 4.69) is 10.3 Å². The number of benzene rings is 2. The van der Waals surface area contributed by atoms with Gasteiger partial charge in [-0.1, -0.05) is 48.4 Å². The summed E-state index contributed by atoms with van der Waals surface area (Å²) in [6.45, 7) is 5.52. The molecular formula is C39H45ClN4O9. The summed E-state index contributed by atoms with van der Waals surface area (Å²) in [5.74, 6) is -1.07. The number of pyridine rings is 1. The second-order valence-electron chi connectivity index (χ2n) is 14.3. The molecule has 13 nitrogen and oxygen atoms in total. The summed E-state index contributed by atoms with van der Waals surface area (Å²) >= 11 is 6.77. The first-order valence-electron chi connectivity index (χ1n) is 17.4.